The first-order valence-electron chi connectivity index (χ1n) is 7.38. The van der Waals surface area contributed by atoms with E-state index in [9.17, 15) is 0 Å². The lowest BCUT2D eigenvalue weighted by Crippen LogP contribution is -2.18. The third kappa shape index (κ3) is 2.60. The van der Waals surface area contributed by atoms with Crippen LogP contribution in [0.15, 0.2) is 36.7 Å². The number of nitrogens with one attached hydrogen (secondary N) is 1. The van der Waals surface area contributed by atoms with Gasteiger partial charge in [0.1, 0.15) is 5.82 Å². The molecule has 1 atom stereocenters. The maximum atomic E-state index is 8.93. The Morgan fingerprint density at radius 2 is 1.90 bits per heavy atom. The molecule has 1 unspecified atom stereocenters. The van der Waals surface area contributed by atoms with E-state index >= 15 is 0 Å². The van der Waals surface area contributed by atoms with Crippen molar-refractivity contribution in [3.05, 3.63) is 53.6 Å². The maximum Gasteiger partial charge on any atom is 0.113 e. The van der Waals surface area contributed by atoms with Crippen LogP contribution in [0.1, 0.15) is 55.0 Å². The molecule has 0 spiro atoms. The maximum absolute atomic E-state index is 8.93. The number of aromatic amines is 1. The number of nitrogens with zero attached hydrogens (tertiary/aromatic N) is 2. The molecule has 3 nitrogen and oxygen atoms in total. The van der Waals surface area contributed by atoms with Gasteiger partial charge < -0.3 is 4.98 Å². The molecule has 1 aliphatic carbocycles. The van der Waals surface area contributed by atoms with E-state index in [0.29, 0.717) is 11.8 Å². The third-order valence-electron chi connectivity index (χ3n) is 4.33. The number of H-pyrrole nitrogens is 1. The summed E-state index contributed by atoms with van der Waals surface area (Å²) in [7, 11) is 0. The van der Waals surface area contributed by atoms with Crippen LogP contribution in [-0.2, 0) is 0 Å². The molecule has 1 saturated carbocycles. The van der Waals surface area contributed by atoms with Gasteiger partial charge in [-0.05, 0) is 36.5 Å². The number of rotatable bonds is 3. The zero-order valence-corrected chi connectivity index (χ0v) is 11.5. The van der Waals surface area contributed by atoms with Gasteiger partial charge in [0.15, 0.2) is 0 Å². The minimum atomic E-state index is 0.332. The Labute approximate surface area is 119 Å². The first kappa shape index (κ1) is 12.9. The SMILES string of the molecule is N#Cc1ccc(C(c2ncc[nH]2)C2CCCCC2)cc1. The van der Waals surface area contributed by atoms with Crippen molar-refractivity contribution >= 4 is 0 Å². The van der Waals surface area contributed by atoms with Gasteiger partial charge in [0.05, 0.1) is 11.6 Å². The number of imidazole rings is 1. The molecule has 1 aromatic carbocycles. The lowest BCUT2D eigenvalue weighted by molar-refractivity contribution is 0.322. The highest BCUT2D eigenvalue weighted by Crippen LogP contribution is 2.39. The minimum absolute atomic E-state index is 0.332. The highest BCUT2D eigenvalue weighted by molar-refractivity contribution is 5.35. The lowest BCUT2D eigenvalue weighted by atomic mass is 9.76. The molecular formula is C17H19N3. The Kier molecular flexibility index (Phi) is 3.83. The van der Waals surface area contributed by atoms with E-state index in [1.807, 2.05) is 24.5 Å². The lowest BCUT2D eigenvalue weighted by Gasteiger charge is -2.29. The summed E-state index contributed by atoms with van der Waals surface area (Å²) < 4.78 is 0. The first-order chi connectivity index (χ1) is 9.88. The molecule has 1 fully saturated rings. The Balaban J connectivity index is 1.94. The summed E-state index contributed by atoms with van der Waals surface area (Å²) in [5.41, 5.74) is 1.99. The minimum Gasteiger partial charge on any atom is -0.348 e. The Hall–Kier alpha value is -2.08. The van der Waals surface area contributed by atoms with Crippen molar-refractivity contribution in [2.75, 3.05) is 0 Å². The average Bonchev–Trinajstić information content (AvgIpc) is 3.03. The van der Waals surface area contributed by atoms with Crippen LogP contribution < -0.4 is 0 Å². The third-order valence-corrected chi connectivity index (χ3v) is 4.33. The molecule has 0 radical (unpaired) electrons. The molecule has 3 heteroatoms. The van der Waals surface area contributed by atoms with Crippen molar-refractivity contribution in [2.45, 2.75) is 38.0 Å². The summed E-state index contributed by atoms with van der Waals surface area (Å²) in [6.45, 7) is 0. The Morgan fingerprint density at radius 1 is 1.15 bits per heavy atom. The van der Waals surface area contributed by atoms with Crippen LogP contribution in [-0.4, -0.2) is 9.97 Å². The molecule has 1 N–H and O–H groups in total. The van der Waals surface area contributed by atoms with Gasteiger partial charge in [0, 0.05) is 18.3 Å². The summed E-state index contributed by atoms with van der Waals surface area (Å²) in [6, 6.07) is 10.2. The smallest absolute Gasteiger partial charge is 0.113 e. The van der Waals surface area contributed by atoms with Gasteiger partial charge in [0.2, 0.25) is 0 Å². The number of hydrogen-bond acceptors (Lipinski definition) is 2. The average molecular weight is 265 g/mol. The quantitative estimate of drug-likeness (QED) is 0.912. The summed E-state index contributed by atoms with van der Waals surface area (Å²) in [6.07, 6.45) is 10.3. The van der Waals surface area contributed by atoms with Crippen molar-refractivity contribution in [1.82, 2.24) is 9.97 Å². The van der Waals surface area contributed by atoms with Crippen LogP contribution >= 0.6 is 0 Å². The van der Waals surface area contributed by atoms with E-state index in [1.165, 1.54) is 37.7 Å². The number of benzene rings is 1. The molecule has 0 saturated heterocycles. The van der Waals surface area contributed by atoms with E-state index in [0.717, 1.165) is 11.4 Å². The molecular weight excluding hydrogens is 246 g/mol. The van der Waals surface area contributed by atoms with Crippen LogP contribution in [0.5, 0.6) is 0 Å². The monoisotopic (exact) mass is 265 g/mol. The van der Waals surface area contributed by atoms with Gasteiger partial charge in [-0.25, -0.2) is 4.98 Å². The molecule has 20 heavy (non-hydrogen) atoms. The van der Waals surface area contributed by atoms with Gasteiger partial charge in [-0.15, -0.1) is 0 Å². The standard InChI is InChI=1S/C17H19N3/c18-12-13-6-8-15(9-7-13)16(17-19-10-11-20-17)14-4-2-1-3-5-14/h6-11,14,16H,1-5H2,(H,19,20). The highest BCUT2D eigenvalue weighted by Gasteiger charge is 2.28. The van der Waals surface area contributed by atoms with Crippen molar-refractivity contribution in [2.24, 2.45) is 5.92 Å². The molecule has 1 aliphatic rings. The van der Waals surface area contributed by atoms with Crippen molar-refractivity contribution < 1.29 is 0 Å². The van der Waals surface area contributed by atoms with E-state index in [4.69, 9.17) is 5.26 Å². The van der Waals surface area contributed by atoms with Gasteiger partial charge in [-0.2, -0.15) is 5.26 Å². The van der Waals surface area contributed by atoms with Crippen LogP contribution in [0.25, 0.3) is 0 Å². The molecule has 0 bridgehead atoms. The predicted molar refractivity (Wildman–Crippen MR) is 78.2 cm³/mol. The topological polar surface area (TPSA) is 52.5 Å². The van der Waals surface area contributed by atoms with Crippen LogP contribution in [0.3, 0.4) is 0 Å². The van der Waals surface area contributed by atoms with E-state index in [1.54, 1.807) is 0 Å². The van der Waals surface area contributed by atoms with Crippen molar-refractivity contribution in [3.8, 4) is 6.07 Å². The molecule has 3 rings (SSSR count). The summed E-state index contributed by atoms with van der Waals surface area (Å²) in [5, 5.41) is 8.93. The van der Waals surface area contributed by atoms with Crippen molar-refractivity contribution in [1.29, 1.82) is 5.26 Å². The molecule has 1 aromatic heterocycles. The molecule has 0 amide bonds. The van der Waals surface area contributed by atoms with Gasteiger partial charge >= 0.3 is 0 Å². The fourth-order valence-electron chi connectivity index (χ4n) is 3.33. The second-order valence-electron chi connectivity index (χ2n) is 5.58. The largest absolute Gasteiger partial charge is 0.348 e. The fourth-order valence-corrected chi connectivity index (χ4v) is 3.33. The second-order valence-corrected chi connectivity index (χ2v) is 5.58. The first-order valence-corrected chi connectivity index (χ1v) is 7.38. The fraction of sp³-hybridized carbons (Fsp3) is 0.412. The summed E-state index contributed by atoms with van der Waals surface area (Å²) >= 11 is 0. The normalized spacial score (nSPS) is 17.6. The van der Waals surface area contributed by atoms with Crippen molar-refractivity contribution in [3.63, 3.8) is 0 Å². The summed E-state index contributed by atoms with van der Waals surface area (Å²) in [4.78, 5) is 7.78. The van der Waals surface area contributed by atoms with E-state index in [-0.39, 0.29) is 0 Å². The van der Waals surface area contributed by atoms with Gasteiger partial charge in [-0.1, -0.05) is 31.4 Å². The molecule has 0 aliphatic heterocycles. The highest BCUT2D eigenvalue weighted by atomic mass is 14.9. The predicted octanol–water partition coefficient (Wildman–Crippen LogP) is 3.99. The molecule has 2 aromatic rings. The zero-order valence-electron chi connectivity index (χ0n) is 11.5. The number of nitriles is 1. The Morgan fingerprint density at radius 3 is 2.50 bits per heavy atom. The zero-order chi connectivity index (χ0) is 13.8. The summed E-state index contributed by atoms with van der Waals surface area (Å²) in [5.74, 6) is 2.04. The Bertz CT molecular complexity index is 572. The number of hydrogen-bond donors (Lipinski definition) is 1. The number of aromatic nitrogens is 2. The molecule has 102 valence electrons. The van der Waals surface area contributed by atoms with E-state index < -0.39 is 0 Å². The van der Waals surface area contributed by atoms with Crippen LogP contribution in [0.4, 0.5) is 0 Å². The van der Waals surface area contributed by atoms with Gasteiger partial charge in [-0.3, -0.25) is 0 Å². The second kappa shape index (κ2) is 5.92. The molecule has 1 heterocycles. The van der Waals surface area contributed by atoms with Crippen LogP contribution in [0.2, 0.25) is 0 Å². The van der Waals surface area contributed by atoms with Crippen LogP contribution in [0, 0.1) is 17.2 Å². The van der Waals surface area contributed by atoms with Gasteiger partial charge in [0.25, 0.3) is 0 Å². The van der Waals surface area contributed by atoms with E-state index in [2.05, 4.69) is 28.2 Å².